The number of benzene rings is 1. The average Bonchev–Trinajstić information content (AvgIpc) is 2.54. The molecule has 0 unspecified atom stereocenters. The molecule has 0 saturated carbocycles. The molecular formula is C15H25N3O5S. The van der Waals surface area contributed by atoms with Crippen molar-refractivity contribution >= 4 is 16.1 Å². The van der Waals surface area contributed by atoms with Crippen LogP contribution in [0.25, 0.3) is 0 Å². The molecule has 24 heavy (non-hydrogen) atoms. The highest BCUT2D eigenvalue weighted by molar-refractivity contribution is 7.86. The first kappa shape index (κ1) is 20.2. The lowest BCUT2D eigenvalue weighted by Gasteiger charge is -2.20. The summed E-state index contributed by atoms with van der Waals surface area (Å²) in [5, 5.41) is 2.70. The van der Waals surface area contributed by atoms with Crippen molar-refractivity contribution in [3.63, 3.8) is 0 Å². The highest BCUT2D eigenvalue weighted by atomic mass is 32.2. The first-order valence-corrected chi connectivity index (χ1v) is 8.73. The van der Waals surface area contributed by atoms with Crippen molar-refractivity contribution in [3.8, 4) is 11.5 Å². The summed E-state index contributed by atoms with van der Waals surface area (Å²) in [5.41, 5.74) is 0.974. The minimum atomic E-state index is -3.59. The fourth-order valence-electron chi connectivity index (χ4n) is 2.00. The predicted molar refractivity (Wildman–Crippen MR) is 91.5 cm³/mol. The molecular weight excluding hydrogens is 334 g/mol. The Bertz CT molecular complexity index is 661. The molecule has 0 aliphatic carbocycles. The van der Waals surface area contributed by atoms with Gasteiger partial charge in [-0.2, -0.15) is 17.0 Å². The molecule has 0 bridgehead atoms. The van der Waals surface area contributed by atoms with E-state index >= 15 is 0 Å². The summed E-state index contributed by atoms with van der Waals surface area (Å²) in [6.07, 6.45) is 0.593. The number of hydrogen-bond acceptors (Lipinski definition) is 5. The number of ether oxygens (including phenoxy) is 2. The summed E-state index contributed by atoms with van der Waals surface area (Å²) in [7, 11) is 3.73. The Hall–Kier alpha value is -1.84. The van der Waals surface area contributed by atoms with E-state index in [1.54, 1.807) is 20.3 Å². The Morgan fingerprint density at radius 1 is 1.12 bits per heavy atom. The van der Waals surface area contributed by atoms with Crippen molar-refractivity contribution in [1.29, 1.82) is 0 Å². The van der Waals surface area contributed by atoms with E-state index in [2.05, 4.69) is 5.32 Å². The molecule has 9 heteroatoms. The molecule has 0 aliphatic rings. The van der Waals surface area contributed by atoms with Crippen LogP contribution in [0.1, 0.15) is 5.56 Å². The fourth-order valence-corrected chi connectivity index (χ4v) is 2.84. The van der Waals surface area contributed by atoms with Crippen LogP contribution in [0.5, 0.6) is 11.5 Å². The molecule has 0 aromatic heterocycles. The summed E-state index contributed by atoms with van der Waals surface area (Å²) in [5.74, 6) is 0.905. The predicted octanol–water partition coefficient (Wildman–Crippen LogP) is 0.101. The van der Waals surface area contributed by atoms with Gasteiger partial charge in [0, 0.05) is 27.7 Å². The van der Waals surface area contributed by atoms with Crippen molar-refractivity contribution in [2.45, 2.75) is 6.42 Å². The van der Waals surface area contributed by atoms with Crippen LogP contribution in [-0.4, -0.2) is 71.4 Å². The number of amides is 1. The Labute approximate surface area is 143 Å². The van der Waals surface area contributed by atoms with Gasteiger partial charge in [-0.3, -0.25) is 4.79 Å². The van der Waals surface area contributed by atoms with Crippen LogP contribution in [-0.2, 0) is 21.4 Å². The molecule has 0 radical (unpaired) electrons. The third-order valence-electron chi connectivity index (χ3n) is 3.41. The Morgan fingerprint density at radius 3 is 2.29 bits per heavy atom. The van der Waals surface area contributed by atoms with Gasteiger partial charge in [-0.25, -0.2) is 0 Å². The second-order valence-electron chi connectivity index (χ2n) is 5.34. The summed E-state index contributed by atoms with van der Waals surface area (Å²) >= 11 is 0. The van der Waals surface area contributed by atoms with Gasteiger partial charge in [0.2, 0.25) is 5.91 Å². The highest BCUT2D eigenvalue weighted by Gasteiger charge is 2.22. The van der Waals surface area contributed by atoms with Gasteiger partial charge in [0.1, 0.15) is 0 Å². The van der Waals surface area contributed by atoms with E-state index in [1.165, 1.54) is 21.1 Å². The normalized spacial score (nSPS) is 11.6. The van der Waals surface area contributed by atoms with Crippen molar-refractivity contribution in [2.24, 2.45) is 0 Å². The zero-order valence-corrected chi connectivity index (χ0v) is 15.5. The molecule has 8 nitrogen and oxygen atoms in total. The van der Waals surface area contributed by atoms with Crippen molar-refractivity contribution < 1.29 is 22.7 Å². The summed E-state index contributed by atoms with van der Waals surface area (Å²) < 4.78 is 36.1. The number of hydrogen-bond donors (Lipinski definition) is 1. The molecule has 1 amide bonds. The molecule has 1 aromatic carbocycles. The topological polar surface area (TPSA) is 88.2 Å². The monoisotopic (exact) mass is 359 g/mol. The molecule has 1 rings (SSSR count). The SMILES string of the molecule is COc1ccc(CCNC(=O)CN(C)S(=O)(=O)N(C)C)cc1OC. The minimum absolute atomic E-state index is 0.230. The molecule has 0 saturated heterocycles. The average molecular weight is 359 g/mol. The van der Waals surface area contributed by atoms with Gasteiger partial charge in [-0.1, -0.05) is 6.07 Å². The van der Waals surface area contributed by atoms with Gasteiger partial charge in [0.25, 0.3) is 10.2 Å². The fraction of sp³-hybridized carbons (Fsp3) is 0.533. The molecule has 0 aliphatic heterocycles. The van der Waals surface area contributed by atoms with Crippen molar-refractivity contribution in [2.75, 3.05) is 48.5 Å². The Morgan fingerprint density at radius 2 is 1.75 bits per heavy atom. The van der Waals surface area contributed by atoms with Crippen LogP contribution >= 0.6 is 0 Å². The number of nitrogens with one attached hydrogen (secondary N) is 1. The van der Waals surface area contributed by atoms with E-state index < -0.39 is 10.2 Å². The van der Waals surface area contributed by atoms with Crippen LogP contribution < -0.4 is 14.8 Å². The Balaban J connectivity index is 2.52. The van der Waals surface area contributed by atoms with E-state index in [0.717, 1.165) is 14.2 Å². The number of carbonyl (C=O) groups is 1. The number of carbonyl (C=O) groups excluding carboxylic acids is 1. The molecule has 1 aromatic rings. The van der Waals surface area contributed by atoms with Crippen LogP contribution in [0, 0.1) is 0 Å². The van der Waals surface area contributed by atoms with Gasteiger partial charge in [0.15, 0.2) is 11.5 Å². The van der Waals surface area contributed by atoms with Crippen LogP contribution in [0.3, 0.4) is 0 Å². The summed E-state index contributed by atoms with van der Waals surface area (Å²) in [6, 6.07) is 5.52. The zero-order chi connectivity index (χ0) is 18.3. The van der Waals surface area contributed by atoms with E-state index in [1.807, 2.05) is 12.1 Å². The standard InChI is InChI=1S/C15H25N3O5S/c1-17(2)24(20,21)18(3)11-15(19)16-9-8-12-6-7-13(22-4)14(10-12)23-5/h6-7,10H,8-9,11H2,1-5H3,(H,16,19). The van der Waals surface area contributed by atoms with Crippen molar-refractivity contribution in [3.05, 3.63) is 23.8 Å². The van der Waals surface area contributed by atoms with E-state index in [-0.39, 0.29) is 12.5 Å². The lowest BCUT2D eigenvalue weighted by Crippen LogP contribution is -2.43. The molecule has 0 heterocycles. The molecule has 0 atom stereocenters. The maximum Gasteiger partial charge on any atom is 0.281 e. The van der Waals surface area contributed by atoms with Crippen molar-refractivity contribution in [1.82, 2.24) is 13.9 Å². The van der Waals surface area contributed by atoms with Crippen LogP contribution in [0.4, 0.5) is 0 Å². The number of methoxy groups -OCH3 is 2. The maximum atomic E-state index is 11.9. The lowest BCUT2D eigenvalue weighted by molar-refractivity contribution is -0.121. The second-order valence-corrected chi connectivity index (χ2v) is 7.58. The third kappa shape index (κ3) is 5.36. The largest absolute Gasteiger partial charge is 0.493 e. The summed E-state index contributed by atoms with van der Waals surface area (Å²) in [6.45, 7) is 0.163. The molecule has 136 valence electrons. The first-order valence-electron chi connectivity index (χ1n) is 7.33. The smallest absolute Gasteiger partial charge is 0.281 e. The van der Waals surface area contributed by atoms with Crippen LogP contribution in [0.15, 0.2) is 18.2 Å². The van der Waals surface area contributed by atoms with E-state index in [9.17, 15) is 13.2 Å². The van der Waals surface area contributed by atoms with Gasteiger partial charge >= 0.3 is 0 Å². The molecule has 0 fully saturated rings. The minimum Gasteiger partial charge on any atom is -0.493 e. The maximum absolute atomic E-state index is 11.9. The lowest BCUT2D eigenvalue weighted by atomic mass is 10.1. The zero-order valence-electron chi connectivity index (χ0n) is 14.7. The van der Waals surface area contributed by atoms with Crippen LogP contribution in [0.2, 0.25) is 0 Å². The van der Waals surface area contributed by atoms with Gasteiger partial charge in [0.05, 0.1) is 20.8 Å². The summed E-state index contributed by atoms with van der Waals surface area (Å²) in [4.78, 5) is 11.9. The third-order valence-corrected chi connectivity index (χ3v) is 5.25. The number of likely N-dealkylation sites (N-methyl/N-ethyl adjacent to an activating group) is 1. The Kier molecular flexibility index (Phi) is 7.46. The first-order chi connectivity index (χ1) is 11.2. The van der Waals surface area contributed by atoms with Gasteiger partial charge < -0.3 is 14.8 Å². The van der Waals surface area contributed by atoms with E-state index in [4.69, 9.17) is 9.47 Å². The molecule has 1 N–H and O–H groups in total. The quantitative estimate of drug-likeness (QED) is 0.676. The molecule has 0 spiro atoms. The number of rotatable bonds is 9. The van der Waals surface area contributed by atoms with E-state index in [0.29, 0.717) is 24.5 Å². The second kappa shape index (κ2) is 8.86. The van der Waals surface area contributed by atoms with Gasteiger partial charge in [-0.15, -0.1) is 0 Å². The van der Waals surface area contributed by atoms with Gasteiger partial charge in [-0.05, 0) is 24.1 Å². The number of nitrogens with zero attached hydrogens (tertiary/aromatic N) is 2. The highest BCUT2D eigenvalue weighted by Crippen LogP contribution is 2.27.